The van der Waals surface area contributed by atoms with Gasteiger partial charge in [0.25, 0.3) is 0 Å². The van der Waals surface area contributed by atoms with Crippen molar-refractivity contribution in [2.75, 3.05) is 5.32 Å². The fourth-order valence-electron chi connectivity index (χ4n) is 2.45. The van der Waals surface area contributed by atoms with Crippen LogP contribution in [0.4, 0.5) is 5.69 Å². The third-order valence-corrected chi connectivity index (χ3v) is 4.36. The van der Waals surface area contributed by atoms with Gasteiger partial charge in [-0.3, -0.25) is 0 Å². The monoisotopic (exact) mass is 243 g/mol. The van der Waals surface area contributed by atoms with Gasteiger partial charge < -0.3 is 5.32 Å². The Morgan fingerprint density at radius 1 is 1.12 bits per heavy atom. The summed E-state index contributed by atoms with van der Waals surface area (Å²) in [4.78, 5) is 2.79. The normalized spacial score (nSPS) is 13.7. The van der Waals surface area contributed by atoms with Gasteiger partial charge in [-0.15, -0.1) is 11.3 Å². The second-order valence-corrected chi connectivity index (χ2v) is 6.08. The standard InChI is InChI=1S/C15H17NS/c1-11-5-8-15(17-11)10-16-14-7-6-12-3-2-4-13(12)9-14/h5-9,16H,2-4,10H2,1H3. The number of aryl methyl sites for hydroxylation is 3. The first-order valence-corrected chi connectivity index (χ1v) is 7.04. The van der Waals surface area contributed by atoms with Crippen LogP contribution in [0.15, 0.2) is 30.3 Å². The van der Waals surface area contributed by atoms with E-state index in [0.29, 0.717) is 0 Å². The summed E-state index contributed by atoms with van der Waals surface area (Å²) in [6.45, 7) is 3.10. The first-order valence-electron chi connectivity index (χ1n) is 6.22. The first kappa shape index (κ1) is 10.8. The lowest BCUT2D eigenvalue weighted by Gasteiger charge is -2.07. The highest BCUT2D eigenvalue weighted by atomic mass is 32.1. The van der Waals surface area contributed by atoms with Crippen LogP contribution in [0.5, 0.6) is 0 Å². The molecule has 1 nitrogen and oxygen atoms in total. The Balaban J connectivity index is 1.69. The summed E-state index contributed by atoms with van der Waals surface area (Å²) >= 11 is 1.87. The molecule has 2 aromatic rings. The van der Waals surface area contributed by atoms with E-state index in [1.807, 2.05) is 11.3 Å². The van der Waals surface area contributed by atoms with Crippen LogP contribution in [-0.4, -0.2) is 0 Å². The minimum Gasteiger partial charge on any atom is -0.380 e. The molecule has 0 amide bonds. The predicted molar refractivity (Wildman–Crippen MR) is 74.8 cm³/mol. The maximum atomic E-state index is 3.51. The molecule has 0 saturated heterocycles. The van der Waals surface area contributed by atoms with Gasteiger partial charge in [0, 0.05) is 22.0 Å². The minimum atomic E-state index is 0.942. The van der Waals surface area contributed by atoms with Crippen molar-refractivity contribution in [2.45, 2.75) is 32.7 Å². The van der Waals surface area contributed by atoms with E-state index in [9.17, 15) is 0 Å². The summed E-state index contributed by atoms with van der Waals surface area (Å²) in [7, 11) is 0. The van der Waals surface area contributed by atoms with Crippen molar-refractivity contribution in [2.24, 2.45) is 0 Å². The predicted octanol–water partition coefficient (Wildman–Crippen LogP) is 4.16. The summed E-state index contributed by atoms with van der Waals surface area (Å²) in [5.74, 6) is 0. The molecule has 2 heteroatoms. The molecule has 1 aromatic carbocycles. The third kappa shape index (κ3) is 2.37. The van der Waals surface area contributed by atoms with E-state index in [4.69, 9.17) is 0 Å². The van der Waals surface area contributed by atoms with E-state index in [2.05, 4.69) is 42.6 Å². The number of anilines is 1. The number of thiophene rings is 1. The Hall–Kier alpha value is -1.28. The molecule has 0 spiro atoms. The van der Waals surface area contributed by atoms with Crippen molar-refractivity contribution >= 4 is 17.0 Å². The molecule has 0 radical (unpaired) electrons. The fourth-order valence-corrected chi connectivity index (χ4v) is 3.28. The molecule has 1 N–H and O–H groups in total. The maximum Gasteiger partial charge on any atom is 0.0494 e. The largest absolute Gasteiger partial charge is 0.380 e. The molecule has 1 aromatic heterocycles. The number of hydrogen-bond donors (Lipinski definition) is 1. The van der Waals surface area contributed by atoms with Crippen molar-refractivity contribution in [3.8, 4) is 0 Å². The van der Waals surface area contributed by atoms with Crippen molar-refractivity contribution in [1.29, 1.82) is 0 Å². The second kappa shape index (κ2) is 4.53. The average Bonchev–Trinajstić information content (AvgIpc) is 2.94. The molecular weight excluding hydrogens is 226 g/mol. The zero-order chi connectivity index (χ0) is 11.7. The molecule has 88 valence electrons. The number of nitrogens with one attached hydrogen (secondary N) is 1. The number of hydrogen-bond acceptors (Lipinski definition) is 2. The van der Waals surface area contributed by atoms with Crippen molar-refractivity contribution < 1.29 is 0 Å². The van der Waals surface area contributed by atoms with Gasteiger partial charge in [0.15, 0.2) is 0 Å². The fraction of sp³-hybridized carbons (Fsp3) is 0.333. The van der Waals surface area contributed by atoms with Gasteiger partial charge in [-0.25, -0.2) is 0 Å². The van der Waals surface area contributed by atoms with E-state index in [1.165, 1.54) is 40.3 Å². The number of benzene rings is 1. The maximum absolute atomic E-state index is 3.51. The van der Waals surface area contributed by atoms with Crippen molar-refractivity contribution in [3.05, 3.63) is 51.2 Å². The highest BCUT2D eigenvalue weighted by Gasteiger charge is 2.10. The summed E-state index contributed by atoms with van der Waals surface area (Å²) < 4.78 is 0. The van der Waals surface area contributed by atoms with E-state index in [-0.39, 0.29) is 0 Å². The molecular formula is C15H17NS. The molecule has 1 aliphatic rings. The Labute approximate surface area is 106 Å². The lowest BCUT2D eigenvalue weighted by Crippen LogP contribution is -1.98. The lowest BCUT2D eigenvalue weighted by atomic mass is 10.1. The molecule has 0 saturated carbocycles. The number of rotatable bonds is 3. The molecule has 0 atom stereocenters. The average molecular weight is 243 g/mol. The topological polar surface area (TPSA) is 12.0 Å². The van der Waals surface area contributed by atoms with Gasteiger partial charge in [0.2, 0.25) is 0 Å². The number of fused-ring (bicyclic) bond motifs is 1. The van der Waals surface area contributed by atoms with E-state index in [0.717, 1.165) is 6.54 Å². The summed E-state index contributed by atoms with van der Waals surface area (Å²) in [6.07, 6.45) is 3.84. The second-order valence-electron chi connectivity index (χ2n) is 4.70. The van der Waals surface area contributed by atoms with Crippen LogP contribution in [0, 0.1) is 6.92 Å². The molecule has 0 aliphatic heterocycles. The van der Waals surface area contributed by atoms with Crippen LogP contribution in [0.1, 0.15) is 27.3 Å². The Morgan fingerprint density at radius 3 is 2.82 bits per heavy atom. The van der Waals surface area contributed by atoms with E-state index >= 15 is 0 Å². The zero-order valence-electron chi connectivity index (χ0n) is 10.1. The summed E-state index contributed by atoms with van der Waals surface area (Å²) in [6, 6.07) is 11.2. The molecule has 0 fully saturated rings. The highest BCUT2D eigenvalue weighted by Crippen LogP contribution is 2.25. The quantitative estimate of drug-likeness (QED) is 0.853. The Kier molecular flexibility index (Phi) is 2.89. The van der Waals surface area contributed by atoms with Crippen molar-refractivity contribution in [1.82, 2.24) is 0 Å². The van der Waals surface area contributed by atoms with Gasteiger partial charge in [-0.1, -0.05) is 6.07 Å². The molecule has 1 heterocycles. The molecule has 0 unspecified atom stereocenters. The van der Waals surface area contributed by atoms with Gasteiger partial charge in [0.05, 0.1) is 0 Å². The van der Waals surface area contributed by atoms with E-state index in [1.54, 1.807) is 5.56 Å². The smallest absolute Gasteiger partial charge is 0.0494 e. The zero-order valence-corrected chi connectivity index (χ0v) is 10.9. The SMILES string of the molecule is Cc1ccc(CNc2ccc3c(c2)CCC3)s1. The Bertz CT molecular complexity index is 527. The highest BCUT2D eigenvalue weighted by molar-refractivity contribution is 7.11. The van der Waals surface area contributed by atoms with Crippen LogP contribution < -0.4 is 5.32 Å². The van der Waals surface area contributed by atoms with Crippen LogP contribution >= 0.6 is 11.3 Å². The molecule has 1 aliphatic carbocycles. The van der Waals surface area contributed by atoms with Gasteiger partial charge in [-0.2, -0.15) is 0 Å². The first-order chi connectivity index (χ1) is 8.31. The third-order valence-electron chi connectivity index (χ3n) is 3.36. The molecule has 3 rings (SSSR count). The van der Waals surface area contributed by atoms with Crippen LogP contribution in [-0.2, 0) is 19.4 Å². The molecule has 0 bridgehead atoms. The summed E-state index contributed by atoms with van der Waals surface area (Å²) in [5, 5.41) is 3.51. The van der Waals surface area contributed by atoms with Gasteiger partial charge in [0.1, 0.15) is 0 Å². The van der Waals surface area contributed by atoms with Gasteiger partial charge >= 0.3 is 0 Å². The van der Waals surface area contributed by atoms with Crippen LogP contribution in [0.2, 0.25) is 0 Å². The van der Waals surface area contributed by atoms with Crippen molar-refractivity contribution in [3.63, 3.8) is 0 Å². The van der Waals surface area contributed by atoms with E-state index < -0.39 is 0 Å². The minimum absolute atomic E-state index is 0.942. The Morgan fingerprint density at radius 2 is 2.00 bits per heavy atom. The van der Waals surface area contributed by atoms with Crippen LogP contribution in [0.3, 0.4) is 0 Å². The lowest BCUT2D eigenvalue weighted by molar-refractivity contribution is 0.912. The molecule has 17 heavy (non-hydrogen) atoms. The van der Waals surface area contributed by atoms with Gasteiger partial charge in [-0.05, 0) is 61.6 Å². The van der Waals surface area contributed by atoms with Crippen LogP contribution in [0.25, 0.3) is 0 Å². The summed E-state index contributed by atoms with van der Waals surface area (Å²) in [5.41, 5.74) is 4.34.